The molecule has 11 heteroatoms. The Kier molecular flexibility index (Phi) is 7.77. The number of carbonyl (C=O) groups is 1. The van der Waals surface area contributed by atoms with E-state index in [1.165, 1.54) is 6.26 Å². The van der Waals surface area contributed by atoms with Crippen molar-refractivity contribution in [1.29, 1.82) is 0 Å². The average molecular weight is 450 g/mol. The van der Waals surface area contributed by atoms with Gasteiger partial charge in [0.1, 0.15) is 5.82 Å². The summed E-state index contributed by atoms with van der Waals surface area (Å²) in [5.41, 5.74) is 1.77. The van der Waals surface area contributed by atoms with Crippen LogP contribution in [0.2, 0.25) is 0 Å². The fourth-order valence-electron chi connectivity index (χ4n) is 3.05. The van der Waals surface area contributed by atoms with Gasteiger partial charge in [-0.2, -0.15) is 0 Å². The van der Waals surface area contributed by atoms with Gasteiger partial charge in [0.2, 0.25) is 0 Å². The third-order valence-electron chi connectivity index (χ3n) is 4.50. The number of nitrogens with one attached hydrogen (secondary N) is 2. The van der Waals surface area contributed by atoms with Crippen LogP contribution in [0.1, 0.15) is 5.69 Å². The van der Waals surface area contributed by atoms with E-state index < -0.39 is 9.84 Å². The second-order valence-electron chi connectivity index (χ2n) is 7.16. The Bertz CT molecular complexity index is 992. The molecule has 1 aromatic carbocycles. The van der Waals surface area contributed by atoms with E-state index in [2.05, 4.69) is 25.5 Å². The number of benzene rings is 1. The number of morpholine rings is 1. The van der Waals surface area contributed by atoms with Crippen molar-refractivity contribution < 1.29 is 22.7 Å². The summed E-state index contributed by atoms with van der Waals surface area (Å²) in [5, 5.41) is 5.42. The number of carbonyl (C=O) groups excluding carboxylic acids is 1. The number of ether oxygens (including phenoxy) is 2. The van der Waals surface area contributed by atoms with Crippen molar-refractivity contribution in [3.63, 3.8) is 0 Å². The number of hydrogen-bond acceptors (Lipinski definition) is 8. The summed E-state index contributed by atoms with van der Waals surface area (Å²) in [5.74, 6) is 0.937. The minimum Gasteiger partial charge on any atom is -0.383 e. The maximum Gasteiger partial charge on any atom is 0.319 e. The third kappa shape index (κ3) is 7.16. The minimum absolute atomic E-state index is 0.166. The first kappa shape index (κ1) is 22.9. The quantitative estimate of drug-likeness (QED) is 0.578. The number of urea groups is 1. The molecule has 0 bridgehead atoms. The van der Waals surface area contributed by atoms with E-state index in [1.807, 2.05) is 0 Å². The van der Waals surface area contributed by atoms with Gasteiger partial charge in [-0.05, 0) is 24.3 Å². The SMILES string of the molecule is COCCNC(=O)Nc1ccc(-c2nc(CS(C)(=O)=O)cc(N3CCOCC3)n2)cc1. The van der Waals surface area contributed by atoms with Gasteiger partial charge in [-0.15, -0.1) is 0 Å². The predicted molar refractivity (Wildman–Crippen MR) is 118 cm³/mol. The van der Waals surface area contributed by atoms with Crippen LogP contribution in [0.5, 0.6) is 0 Å². The second kappa shape index (κ2) is 10.5. The van der Waals surface area contributed by atoms with E-state index in [0.29, 0.717) is 62.5 Å². The van der Waals surface area contributed by atoms with Gasteiger partial charge in [-0.25, -0.2) is 23.2 Å². The summed E-state index contributed by atoms with van der Waals surface area (Å²) in [6, 6.07) is 8.45. The molecule has 2 aromatic rings. The van der Waals surface area contributed by atoms with E-state index in [9.17, 15) is 13.2 Å². The van der Waals surface area contributed by atoms with Gasteiger partial charge in [0.05, 0.1) is 31.3 Å². The number of sulfone groups is 1. The topological polar surface area (TPSA) is 123 Å². The van der Waals surface area contributed by atoms with Crippen LogP contribution in [0.3, 0.4) is 0 Å². The molecule has 1 saturated heterocycles. The van der Waals surface area contributed by atoms with Gasteiger partial charge in [0, 0.05) is 50.3 Å². The summed E-state index contributed by atoms with van der Waals surface area (Å²) < 4.78 is 34.0. The van der Waals surface area contributed by atoms with E-state index in [-0.39, 0.29) is 11.8 Å². The summed E-state index contributed by atoms with van der Waals surface area (Å²) in [7, 11) is -1.69. The van der Waals surface area contributed by atoms with E-state index in [1.54, 1.807) is 37.4 Å². The van der Waals surface area contributed by atoms with E-state index >= 15 is 0 Å². The van der Waals surface area contributed by atoms with Crippen LogP contribution in [0.15, 0.2) is 30.3 Å². The van der Waals surface area contributed by atoms with Gasteiger partial charge in [-0.1, -0.05) is 0 Å². The molecule has 0 atom stereocenters. The van der Waals surface area contributed by atoms with Crippen molar-refractivity contribution in [2.24, 2.45) is 0 Å². The lowest BCUT2D eigenvalue weighted by Gasteiger charge is -2.28. The number of amides is 2. The summed E-state index contributed by atoms with van der Waals surface area (Å²) in [4.78, 5) is 23.0. The molecule has 2 heterocycles. The lowest BCUT2D eigenvalue weighted by Crippen LogP contribution is -2.37. The molecular formula is C20H27N5O5S. The lowest BCUT2D eigenvalue weighted by atomic mass is 10.2. The standard InChI is InChI=1S/C20H27N5O5S/c1-29-10-7-21-20(26)23-16-5-3-15(4-6-16)19-22-17(14-31(2,27)28)13-18(24-19)25-8-11-30-12-9-25/h3-6,13H,7-12,14H2,1-2H3,(H2,21,23,26). The first-order valence-corrected chi connectivity index (χ1v) is 11.9. The molecule has 1 aliphatic heterocycles. The Morgan fingerprint density at radius 1 is 1.19 bits per heavy atom. The molecule has 0 saturated carbocycles. The zero-order valence-corrected chi connectivity index (χ0v) is 18.4. The van der Waals surface area contributed by atoms with Crippen molar-refractivity contribution in [1.82, 2.24) is 15.3 Å². The Morgan fingerprint density at radius 2 is 1.90 bits per heavy atom. The van der Waals surface area contributed by atoms with Gasteiger partial charge >= 0.3 is 6.03 Å². The van der Waals surface area contributed by atoms with Gasteiger partial charge < -0.3 is 25.0 Å². The highest BCUT2D eigenvalue weighted by atomic mass is 32.2. The highest BCUT2D eigenvalue weighted by molar-refractivity contribution is 7.89. The maximum atomic E-state index is 11.9. The van der Waals surface area contributed by atoms with Crippen LogP contribution in [-0.2, 0) is 25.1 Å². The van der Waals surface area contributed by atoms with Crippen LogP contribution in [-0.4, -0.2) is 77.2 Å². The lowest BCUT2D eigenvalue weighted by molar-refractivity contribution is 0.122. The summed E-state index contributed by atoms with van der Waals surface area (Å²) in [6.07, 6.45) is 1.18. The molecule has 1 aliphatic rings. The molecule has 0 unspecified atom stereocenters. The first-order chi connectivity index (χ1) is 14.8. The molecule has 0 aliphatic carbocycles. The first-order valence-electron chi connectivity index (χ1n) is 9.86. The van der Waals surface area contributed by atoms with Crippen LogP contribution in [0, 0.1) is 0 Å². The molecule has 1 fully saturated rings. The Hall–Kier alpha value is -2.76. The third-order valence-corrected chi connectivity index (χ3v) is 5.32. The molecular weight excluding hydrogens is 422 g/mol. The smallest absolute Gasteiger partial charge is 0.319 e. The summed E-state index contributed by atoms with van der Waals surface area (Å²) in [6.45, 7) is 3.37. The van der Waals surface area contributed by atoms with Crippen molar-refractivity contribution >= 4 is 27.4 Å². The molecule has 0 spiro atoms. The highest BCUT2D eigenvalue weighted by Crippen LogP contribution is 2.23. The molecule has 2 N–H and O–H groups in total. The molecule has 1 aromatic heterocycles. The maximum absolute atomic E-state index is 11.9. The molecule has 3 rings (SSSR count). The van der Waals surface area contributed by atoms with Crippen LogP contribution < -0.4 is 15.5 Å². The zero-order chi connectivity index (χ0) is 22.3. The zero-order valence-electron chi connectivity index (χ0n) is 17.6. The second-order valence-corrected chi connectivity index (χ2v) is 9.30. The van der Waals surface area contributed by atoms with Crippen LogP contribution in [0.25, 0.3) is 11.4 Å². The summed E-state index contributed by atoms with van der Waals surface area (Å²) >= 11 is 0. The molecule has 31 heavy (non-hydrogen) atoms. The van der Waals surface area contributed by atoms with Crippen molar-refractivity contribution in [3.8, 4) is 11.4 Å². The van der Waals surface area contributed by atoms with Crippen molar-refractivity contribution in [2.75, 3.05) is 63.0 Å². The largest absolute Gasteiger partial charge is 0.383 e. The highest BCUT2D eigenvalue weighted by Gasteiger charge is 2.17. The Balaban J connectivity index is 1.81. The number of nitrogens with zero attached hydrogens (tertiary/aromatic N) is 3. The van der Waals surface area contributed by atoms with Gasteiger partial charge in [0.15, 0.2) is 15.7 Å². The fourth-order valence-corrected chi connectivity index (χ4v) is 3.74. The van der Waals surface area contributed by atoms with Crippen LogP contribution >= 0.6 is 0 Å². The molecule has 2 amide bonds. The average Bonchev–Trinajstić information content (AvgIpc) is 2.74. The van der Waals surface area contributed by atoms with Crippen LogP contribution in [0.4, 0.5) is 16.3 Å². The number of anilines is 2. The Labute approximate surface area is 181 Å². The van der Waals surface area contributed by atoms with E-state index in [4.69, 9.17) is 9.47 Å². The number of methoxy groups -OCH3 is 1. The molecule has 168 valence electrons. The minimum atomic E-state index is -3.25. The van der Waals surface area contributed by atoms with Crippen molar-refractivity contribution in [2.45, 2.75) is 5.75 Å². The molecule has 0 radical (unpaired) electrons. The van der Waals surface area contributed by atoms with Gasteiger partial charge in [-0.3, -0.25) is 0 Å². The number of rotatable bonds is 8. The monoisotopic (exact) mass is 449 g/mol. The number of hydrogen-bond donors (Lipinski definition) is 2. The normalized spacial score (nSPS) is 14.3. The molecule has 10 nitrogen and oxygen atoms in total. The Morgan fingerprint density at radius 3 is 2.55 bits per heavy atom. The predicted octanol–water partition coefficient (Wildman–Crippen LogP) is 1.29. The van der Waals surface area contributed by atoms with E-state index in [0.717, 1.165) is 5.56 Å². The van der Waals surface area contributed by atoms with Gasteiger partial charge in [0.25, 0.3) is 0 Å². The fraction of sp³-hybridized carbons (Fsp3) is 0.450. The number of aromatic nitrogens is 2. The van der Waals surface area contributed by atoms with Crippen molar-refractivity contribution in [3.05, 3.63) is 36.0 Å².